The van der Waals surface area contributed by atoms with E-state index in [9.17, 15) is 4.39 Å². The first kappa shape index (κ1) is 10.8. The molecule has 0 aromatic heterocycles. The van der Waals surface area contributed by atoms with Crippen LogP contribution in [0.15, 0.2) is 30.3 Å². The number of rotatable bonds is 2. The van der Waals surface area contributed by atoms with Crippen molar-refractivity contribution in [2.24, 2.45) is 0 Å². The normalized spacial score (nSPS) is 8.17. The van der Waals surface area contributed by atoms with Gasteiger partial charge >= 0.3 is 0 Å². The van der Waals surface area contributed by atoms with Crippen molar-refractivity contribution in [2.75, 3.05) is 0 Å². The van der Waals surface area contributed by atoms with Gasteiger partial charge in [-0.1, -0.05) is 43.7 Å². The van der Waals surface area contributed by atoms with Crippen molar-refractivity contribution in [1.82, 2.24) is 0 Å². The number of carbonyl (C=O) groups is 1. The van der Waals surface area contributed by atoms with Gasteiger partial charge in [-0.2, -0.15) is 4.39 Å². The van der Waals surface area contributed by atoms with Gasteiger partial charge < -0.3 is 0 Å². The zero-order valence-electron chi connectivity index (χ0n) is 7.16. The van der Waals surface area contributed by atoms with Crippen LogP contribution in [0.5, 0.6) is 0 Å². The van der Waals surface area contributed by atoms with Gasteiger partial charge in [0.25, 0.3) is 6.54 Å². The average molecular weight is 168 g/mol. The minimum absolute atomic E-state index is 0.750. The molecule has 0 atom stereocenters. The average Bonchev–Trinajstić information content (AvgIpc) is 2.08. The summed E-state index contributed by atoms with van der Waals surface area (Å²) in [6.07, 6.45) is 2.45. The van der Waals surface area contributed by atoms with E-state index in [0.29, 0.717) is 0 Å². The van der Waals surface area contributed by atoms with Crippen LogP contribution in [-0.4, -0.2) is 6.54 Å². The molecule has 1 aromatic carbocycles. The Balaban J connectivity index is 0.000000354. The predicted molar refractivity (Wildman–Crippen MR) is 48.3 cm³/mol. The molecule has 0 fully saturated rings. The van der Waals surface area contributed by atoms with Gasteiger partial charge in [-0.05, 0) is 12.0 Å². The van der Waals surface area contributed by atoms with Gasteiger partial charge in [0.05, 0.1) is 0 Å². The van der Waals surface area contributed by atoms with E-state index < -0.39 is 6.54 Å². The Kier molecular flexibility index (Phi) is 7.14. The Morgan fingerprint density at radius 2 is 1.83 bits per heavy atom. The molecule has 0 spiro atoms. The lowest BCUT2D eigenvalue weighted by atomic mass is 10.1. The molecule has 0 heterocycles. The van der Waals surface area contributed by atoms with Crippen LogP contribution in [0.4, 0.5) is 4.39 Å². The van der Waals surface area contributed by atoms with Crippen LogP contribution in [0.3, 0.4) is 0 Å². The Morgan fingerprint density at radius 3 is 2.25 bits per heavy atom. The van der Waals surface area contributed by atoms with Crippen LogP contribution in [0, 0.1) is 0 Å². The topological polar surface area (TPSA) is 17.1 Å². The first-order valence-corrected chi connectivity index (χ1v) is 3.93. The van der Waals surface area contributed by atoms with E-state index in [4.69, 9.17) is 4.79 Å². The molecule has 0 amide bonds. The number of hydrogen-bond donors (Lipinski definition) is 0. The molecule has 0 saturated heterocycles. The van der Waals surface area contributed by atoms with Crippen molar-refractivity contribution < 1.29 is 9.18 Å². The second-order valence-corrected chi connectivity index (χ2v) is 2.32. The standard InChI is InChI=1S/C9H12.CHFO/c1-2-6-9-7-4-3-5-8-9;2-1-3/h3-5,7-8H,2,6H2,1H3;1H. The Bertz CT molecular complexity index is 196. The summed E-state index contributed by atoms with van der Waals surface area (Å²) in [6, 6.07) is 10.6. The summed E-state index contributed by atoms with van der Waals surface area (Å²) in [5.74, 6) is 0. The third-order valence-corrected chi connectivity index (χ3v) is 1.38. The molecule has 0 aliphatic heterocycles. The second-order valence-electron chi connectivity index (χ2n) is 2.32. The van der Waals surface area contributed by atoms with Crippen LogP contribution in [0.25, 0.3) is 0 Å². The number of aryl methyl sites for hydroxylation is 1. The summed E-state index contributed by atoms with van der Waals surface area (Å²) >= 11 is 0. The van der Waals surface area contributed by atoms with Crippen molar-refractivity contribution in [3.63, 3.8) is 0 Å². The summed E-state index contributed by atoms with van der Waals surface area (Å²) in [4.78, 5) is 8.14. The molecule has 66 valence electrons. The molecule has 0 radical (unpaired) electrons. The summed E-state index contributed by atoms with van der Waals surface area (Å²) < 4.78 is 9.61. The summed E-state index contributed by atoms with van der Waals surface area (Å²) in [5.41, 5.74) is 1.44. The third-order valence-electron chi connectivity index (χ3n) is 1.38. The Hall–Kier alpha value is -1.18. The molecule has 0 aliphatic rings. The Morgan fingerprint density at radius 1 is 1.33 bits per heavy atom. The first-order chi connectivity index (χ1) is 5.85. The lowest BCUT2D eigenvalue weighted by Crippen LogP contribution is -1.78. The third kappa shape index (κ3) is 5.59. The molecule has 0 aliphatic carbocycles. The maximum Gasteiger partial charge on any atom is 0.289 e. The van der Waals surface area contributed by atoms with Gasteiger partial charge in [-0.15, -0.1) is 0 Å². The number of benzene rings is 1. The van der Waals surface area contributed by atoms with E-state index >= 15 is 0 Å². The molecular weight excluding hydrogens is 155 g/mol. The van der Waals surface area contributed by atoms with Crippen LogP contribution in [0.2, 0.25) is 0 Å². The van der Waals surface area contributed by atoms with Crippen LogP contribution >= 0.6 is 0 Å². The molecule has 0 N–H and O–H groups in total. The SMILES string of the molecule is CCCc1ccccc1.O=CF. The number of halogens is 1. The minimum atomic E-state index is -0.750. The highest BCUT2D eigenvalue weighted by molar-refractivity contribution is 5.35. The highest BCUT2D eigenvalue weighted by atomic mass is 19.1. The van der Waals surface area contributed by atoms with E-state index in [-0.39, 0.29) is 0 Å². The highest BCUT2D eigenvalue weighted by Gasteiger charge is 1.84. The van der Waals surface area contributed by atoms with E-state index in [2.05, 4.69) is 37.3 Å². The van der Waals surface area contributed by atoms with Crippen LogP contribution in [-0.2, 0) is 11.2 Å². The van der Waals surface area contributed by atoms with Crippen LogP contribution in [0.1, 0.15) is 18.9 Å². The van der Waals surface area contributed by atoms with Gasteiger partial charge in [0.15, 0.2) is 0 Å². The van der Waals surface area contributed by atoms with Crippen molar-refractivity contribution in [2.45, 2.75) is 19.8 Å². The molecule has 0 unspecified atom stereocenters. The predicted octanol–water partition coefficient (Wildman–Crippen LogP) is 2.79. The fraction of sp³-hybridized carbons (Fsp3) is 0.300. The molecule has 1 rings (SSSR count). The van der Waals surface area contributed by atoms with E-state index in [1.807, 2.05) is 0 Å². The van der Waals surface area contributed by atoms with Crippen molar-refractivity contribution >= 4 is 6.54 Å². The maximum absolute atomic E-state index is 9.61. The van der Waals surface area contributed by atoms with E-state index in [1.165, 1.54) is 18.4 Å². The zero-order valence-corrected chi connectivity index (χ0v) is 7.16. The maximum atomic E-state index is 9.61. The summed E-state index contributed by atoms with van der Waals surface area (Å²) in [6.45, 7) is 1.45. The van der Waals surface area contributed by atoms with Crippen molar-refractivity contribution in [1.29, 1.82) is 0 Å². The lowest BCUT2D eigenvalue weighted by Gasteiger charge is -1.93. The van der Waals surface area contributed by atoms with Crippen molar-refractivity contribution in [3.05, 3.63) is 35.9 Å². The monoisotopic (exact) mass is 168 g/mol. The first-order valence-electron chi connectivity index (χ1n) is 3.93. The molecule has 2 heteroatoms. The zero-order chi connectivity index (χ0) is 9.23. The molecule has 12 heavy (non-hydrogen) atoms. The van der Waals surface area contributed by atoms with Gasteiger partial charge in [-0.25, -0.2) is 0 Å². The molecule has 0 bridgehead atoms. The van der Waals surface area contributed by atoms with E-state index in [1.54, 1.807) is 0 Å². The quantitative estimate of drug-likeness (QED) is 0.490. The minimum Gasteiger partial charge on any atom is -0.265 e. The molecular formula is C10H13FO. The number of hydrogen-bond acceptors (Lipinski definition) is 1. The van der Waals surface area contributed by atoms with E-state index in [0.717, 1.165) is 0 Å². The fourth-order valence-corrected chi connectivity index (χ4v) is 0.933. The van der Waals surface area contributed by atoms with Crippen LogP contribution < -0.4 is 0 Å². The summed E-state index contributed by atoms with van der Waals surface area (Å²) in [7, 11) is 0. The smallest absolute Gasteiger partial charge is 0.265 e. The Labute approximate surface area is 72.2 Å². The second kappa shape index (κ2) is 7.92. The number of carbonyl (C=O) groups excluding carboxylic acids is 1. The van der Waals surface area contributed by atoms with Gasteiger partial charge in [0.2, 0.25) is 0 Å². The van der Waals surface area contributed by atoms with Gasteiger partial charge in [0, 0.05) is 0 Å². The lowest BCUT2D eigenvalue weighted by molar-refractivity contribution is 0.510. The molecule has 1 aromatic rings. The summed E-state index contributed by atoms with van der Waals surface area (Å²) in [5, 5.41) is 0. The highest BCUT2D eigenvalue weighted by Crippen LogP contribution is 2.00. The molecule has 0 saturated carbocycles. The molecule has 1 nitrogen and oxygen atoms in total. The van der Waals surface area contributed by atoms with Gasteiger partial charge in [0.1, 0.15) is 0 Å². The largest absolute Gasteiger partial charge is 0.289 e. The van der Waals surface area contributed by atoms with Gasteiger partial charge in [-0.3, -0.25) is 4.79 Å². The van der Waals surface area contributed by atoms with Crippen molar-refractivity contribution in [3.8, 4) is 0 Å². The fourth-order valence-electron chi connectivity index (χ4n) is 0.933.